The van der Waals surface area contributed by atoms with Gasteiger partial charge >= 0.3 is 0 Å². The van der Waals surface area contributed by atoms with Crippen LogP contribution in [0.4, 0.5) is 0 Å². The molecular weight excluding hydrogens is 262 g/mol. The summed E-state index contributed by atoms with van der Waals surface area (Å²) >= 11 is 0. The van der Waals surface area contributed by atoms with Crippen molar-refractivity contribution in [2.45, 2.75) is 83.8 Å². The van der Waals surface area contributed by atoms with Crippen molar-refractivity contribution in [2.75, 3.05) is 20.1 Å². The van der Waals surface area contributed by atoms with Gasteiger partial charge < -0.3 is 10.6 Å². The Morgan fingerprint density at radius 2 is 1.76 bits per heavy atom. The highest BCUT2D eigenvalue weighted by atomic mass is 16.2. The Labute approximate surface area is 131 Å². The maximum Gasteiger partial charge on any atom is 0.234 e. The molecule has 0 aromatic rings. The molecule has 0 spiro atoms. The second-order valence-electron chi connectivity index (χ2n) is 6.46. The van der Waals surface area contributed by atoms with Crippen LogP contribution in [0, 0.1) is 0 Å². The van der Waals surface area contributed by atoms with Gasteiger partial charge in [0.05, 0.1) is 6.54 Å². The van der Waals surface area contributed by atoms with E-state index in [1.807, 2.05) is 0 Å². The molecule has 0 aromatic carbocycles. The van der Waals surface area contributed by atoms with Crippen molar-refractivity contribution in [2.24, 2.45) is 0 Å². The summed E-state index contributed by atoms with van der Waals surface area (Å²) in [5.41, 5.74) is 0. The van der Waals surface area contributed by atoms with Crippen molar-refractivity contribution in [3.05, 3.63) is 0 Å². The lowest BCUT2D eigenvalue weighted by Crippen LogP contribution is -2.46. The third-order valence-electron chi connectivity index (χ3n) is 4.75. The molecule has 1 aliphatic carbocycles. The molecule has 0 unspecified atom stereocenters. The Morgan fingerprint density at radius 3 is 2.29 bits per heavy atom. The van der Waals surface area contributed by atoms with Crippen LogP contribution in [0.1, 0.15) is 65.7 Å². The molecule has 1 fully saturated rings. The summed E-state index contributed by atoms with van der Waals surface area (Å²) in [4.78, 5) is 14.3. The molecule has 0 heterocycles. The fourth-order valence-corrected chi connectivity index (χ4v) is 3.19. The predicted octanol–water partition coefficient (Wildman–Crippen LogP) is 2.53. The van der Waals surface area contributed by atoms with E-state index in [0.717, 1.165) is 19.4 Å². The van der Waals surface area contributed by atoms with Crippen LogP contribution in [-0.4, -0.2) is 49.1 Å². The first-order valence-corrected chi connectivity index (χ1v) is 8.83. The monoisotopic (exact) mass is 297 g/mol. The Kier molecular flexibility index (Phi) is 8.93. The zero-order chi connectivity index (χ0) is 15.7. The van der Waals surface area contributed by atoms with Crippen molar-refractivity contribution >= 4 is 5.91 Å². The molecule has 1 saturated carbocycles. The molecule has 4 nitrogen and oxygen atoms in total. The lowest BCUT2D eigenvalue weighted by molar-refractivity contribution is -0.123. The number of hydrogen-bond donors (Lipinski definition) is 2. The van der Waals surface area contributed by atoms with E-state index < -0.39 is 0 Å². The van der Waals surface area contributed by atoms with Crippen LogP contribution in [0.3, 0.4) is 0 Å². The van der Waals surface area contributed by atoms with Crippen LogP contribution >= 0.6 is 0 Å². The number of nitrogens with one attached hydrogen (secondary N) is 2. The summed E-state index contributed by atoms with van der Waals surface area (Å²) in [6, 6.07) is 1.59. The smallest absolute Gasteiger partial charge is 0.234 e. The second-order valence-corrected chi connectivity index (χ2v) is 6.46. The molecule has 1 rings (SSSR count). The van der Waals surface area contributed by atoms with E-state index in [1.165, 1.54) is 32.1 Å². The zero-order valence-corrected chi connectivity index (χ0v) is 14.5. The molecule has 0 aromatic heterocycles. The standard InChI is InChI=1S/C17H35N3O/c1-5-12-18-15-8-10-16(11-9-15)20(4)13-17(21)19-14(6-2)7-3/h14-16,18H,5-13H2,1-4H3,(H,19,21). The fourth-order valence-electron chi connectivity index (χ4n) is 3.19. The van der Waals surface area contributed by atoms with Gasteiger partial charge in [0.25, 0.3) is 0 Å². The summed E-state index contributed by atoms with van der Waals surface area (Å²) in [6.07, 6.45) is 8.12. The van der Waals surface area contributed by atoms with E-state index in [4.69, 9.17) is 0 Å². The van der Waals surface area contributed by atoms with Gasteiger partial charge in [0.2, 0.25) is 5.91 Å². The summed E-state index contributed by atoms with van der Waals surface area (Å²) in [5.74, 6) is 0.178. The van der Waals surface area contributed by atoms with Gasteiger partial charge in [-0.1, -0.05) is 20.8 Å². The number of amides is 1. The first kappa shape index (κ1) is 18.4. The maximum absolute atomic E-state index is 12.1. The normalized spacial score (nSPS) is 22.8. The van der Waals surface area contributed by atoms with E-state index in [-0.39, 0.29) is 5.91 Å². The van der Waals surface area contributed by atoms with Gasteiger partial charge in [-0.3, -0.25) is 9.69 Å². The van der Waals surface area contributed by atoms with Crippen molar-refractivity contribution in [3.63, 3.8) is 0 Å². The lowest BCUT2D eigenvalue weighted by Gasteiger charge is -2.35. The minimum absolute atomic E-state index is 0.178. The lowest BCUT2D eigenvalue weighted by atomic mass is 9.90. The number of hydrogen-bond acceptors (Lipinski definition) is 3. The Balaban J connectivity index is 2.27. The SMILES string of the molecule is CCCNC1CCC(N(C)CC(=O)NC(CC)CC)CC1. The fraction of sp³-hybridized carbons (Fsp3) is 0.941. The number of carbonyl (C=O) groups is 1. The van der Waals surface area contributed by atoms with E-state index in [2.05, 4.69) is 43.4 Å². The molecule has 0 radical (unpaired) electrons. The molecule has 0 bridgehead atoms. The molecule has 1 aliphatic rings. The molecule has 0 aliphatic heterocycles. The summed E-state index contributed by atoms with van der Waals surface area (Å²) < 4.78 is 0. The predicted molar refractivity (Wildman–Crippen MR) is 89.5 cm³/mol. The van der Waals surface area contributed by atoms with Gasteiger partial charge in [0.1, 0.15) is 0 Å². The second kappa shape index (κ2) is 10.2. The quantitative estimate of drug-likeness (QED) is 0.687. The van der Waals surface area contributed by atoms with Gasteiger partial charge in [-0.15, -0.1) is 0 Å². The molecule has 1 amide bonds. The van der Waals surface area contributed by atoms with Crippen LogP contribution in [0.2, 0.25) is 0 Å². The van der Waals surface area contributed by atoms with Crippen molar-refractivity contribution < 1.29 is 4.79 Å². The largest absolute Gasteiger partial charge is 0.352 e. The molecule has 0 saturated heterocycles. The van der Waals surface area contributed by atoms with Gasteiger partial charge in [-0.2, -0.15) is 0 Å². The van der Waals surface area contributed by atoms with Gasteiger partial charge in [0.15, 0.2) is 0 Å². The average molecular weight is 297 g/mol. The van der Waals surface area contributed by atoms with E-state index in [9.17, 15) is 4.79 Å². The van der Waals surface area contributed by atoms with Crippen LogP contribution in [0.25, 0.3) is 0 Å². The van der Waals surface area contributed by atoms with Crippen molar-refractivity contribution in [1.82, 2.24) is 15.5 Å². The maximum atomic E-state index is 12.1. The minimum atomic E-state index is 0.178. The number of nitrogens with zero attached hydrogens (tertiary/aromatic N) is 1. The number of likely N-dealkylation sites (N-methyl/N-ethyl adjacent to an activating group) is 1. The molecular formula is C17H35N3O. The Bertz CT molecular complexity index is 284. The van der Waals surface area contributed by atoms with E-state index in [1.54, 1.807) is 0 Å². The van der Waals surface area contributed by atoms with Gasteiger partial charge in [0, 0.05) is 18.1 Å². The summed E-state index contributed by atoms with van der Waals surface area (Å²) in [7, 11) is 2.09. The Morgan fingerprint density at radius 1 is 1.14 bits per heavy atom. The summed E-state index contributed by atoms with van der Waals surface area (Å²) in [5, 5.41) is 6.75. The zero-order valence-electron chi connectivity index (χ0n) is 14.5. The molecule has 2 N–H and O–H groups in total. The van der Waals surface area contributed by atoms with Crippen molar-refractivity contribution in [3.8, 4) is 0 Å². The van der Waals surface area contributed by atoms with Gasteiger partial charge in [-0.05, 0) is 58.5 Å². The highest BCUT2D eigenvalue weighted by Crippen LogP contribution is 2.22. The Hall–Kier alpha value is -0.610. The average Bonchev–Trinajstić information content (AvgIpc) is 2.50. The first-order valence-electron chi connectivity index (χ1n) is 8.83. The minimum Gasteiger partial charge on any atom is -0.352 e. The number of rotatable bonds is 9. The van der Waals surface area contributed by atoms with Crippen LogP contribution in [0.15, 0.2) is 0 Å². The number of carbonyl (C=O) groups excluding carboxylic acids is 1. The van der Waals surface area contributed by atoms with E-state index >= 15 is 0 Å². The van der Waals surface area contributed by atoms with Gasteiger partial charge in [-0.25, -0.2) is 0 Å². The molecule has 0 atom stereocenters. The molecule has 21 heavy (non-hydrogen) atoms. The third-order valence-corrected chi connectivity index (χ3v) is 4.75. The molecule has 4 heteroatoms. The highest BCUT2D eigenvalue weighted by Gasteiger charge is 2.24. The first-order chi connectivity index (χ1) is 10.1. The van der Waals surface area contributed by atoms with Crippen molar-refractivity contribution in [1.29, 1.82) is 0 Å². The third kappa shape index (κ3) is 6.79. The topological polar surface area (TPSA) is 44.4 Å². The van der Waals surface area contributed by atoms with E-state index in [0.29, 0.717) is 24.7 Å². The van der Waals surface area contributed by atoms with Crippen LogP contribution in [0.5, 0.6) is 0 Å². The van der Waals surface area contributed by atoms with Crippen LogP contribution in [-0.2, 0) is 4.79 Å². The van der Waals surface area contributed by atoms with Crippen LogP contribution < -0.4 is 10.6 Å². The summed E-state index contributed by atoms with van der Waals surface area (Å²) in [6.45, 7) is 8.13. The molecule has 124 valence electrons. The highest BCUT2D eigenvalue weighted by molar-refractivity contribution is 5.78.